The molecule has 23 heavy (non-hydrogen) atoms. The third-order valence-corrected chi connectivity index (χ3v) is 8.46. The van der Waals surface area contributed by atoms with Crippen LogP contribution in [0.15, 0.2) is 11.6 Å². The Morgan fingerprint density at radius 3 is 2.61 bits per heavy atom. The van der Waals surface area contributed by atoms with Crippen molar-refractivity contribution in [3.8, 4) is 0 Å². The molecule has 0 spiro atoms. The molecule has 0 unspecified atom stereocenters. The molecule has 4 aliphatic rings. The highest BCUT2D eigenvalue weighted by molar-refractivity contribution is 5.91. The number of ketones is 1. The molecule has 7 atom stereocenters. The maximum absolute atomic E-state index is 11.8. The first-order valence-electron chi connectivity index (χ1n) is 9.33. The van der Waals surface area contributed by atoms with Crippen LogP contribution in [-0.4, -0.2) is 27.7 Å². The van der Waals surface area contributed by atoms with Crippen molar-refractivity contribution in [2.45, 2.75) is 77.4 Å². The van der Waals surface area contributed by atoms with Gasteiger partial charge in [-0.2, -0.15) is 0 Å². The van der Waals surface area contributed by atoms with Crippen LogP contribution in [0.1, 0.15) is 65.7 Å². The number of aliphatic hydroxyl groups excluding tert-OH is 1. The van der Waals surface area contributed by atoms with E-state index in [1.165, 1.54) is 5.57 Å². The minimum atomic E-state index is -0.664. The Morgan fingerprint density at radius 2 is 1.87 bits per heavy atom. The van der Waals surface area contributed by atoms with Crippen molar-refractivity contribution >= 4 is 5.78 Å². The zero-order chi connectivity index (χ0) is 16.6. The lowest BCUT2D eigenvalue weighted by Gasteiger charge is -2.60. The van der Waals surface area contributed by atoms with Gasteiger partial charge in [-0.05, 0) is 74.7 Å². The summed E-state index contributed by atoms with van der Waals surface area (Å²) < 4.78 is 0. The molecule has 0 aromatic rings. The lowest BCUT2D eigenvalue weighted by molar-refractivity contribution is -0.166. The number of hydrogen-bond donors (Lipinski definition) is 2. The molecule has 0 saturated heterocycles. The van der Waals surface area contributed by atoms with E-state index < -0.39 is 5.60 Å². The lowest BCUT2D eigenvalue weighted by Crippen LogP contribution is -2.59. The largest absolute Gasteiger partial charge is 0.393 e. The van der Waals surface area contributed by atoms with Gasteiger partial charge < -0.3 is 10.2 Å². The predicted molar refractivity (Wildman–Crippen MR) is 88.7 cm³/mol. The van der Waals surface area contributed by atoms with Crippen molar-refractivity contribution in [1.29, 1.82) is 0 Å². The van der Waals surface area contributed by atoms with Gasteiger partial charge in [-0.15, -0.1) is 0 Å². The summed E-state index contributed by atoms with van der Waals surface area (Å²) in [5, 5.41) is 22.0. The van der Waals surface area contributed by atoms with Crippen LogP contribution in [0.5, 0.6) is 0 Å². The Hall–Kier alpha value is -0.670. The highest BCUT2D eigenvalue weighted by Crippen LogP contribution is 2.67. The molecule has 3 saturated carbocycles. The van der Waals surface area contributed by atoms with Crippen LogP contribution in [0.25, 0.3) is 0 Å². The fourth-order valence-electron chi connectivity index (χ4n) is 6.91. The highest BCUT2D eigenvalue weighted by Gasteiger charge is 2.64. The lowest BCUT2D eigenvalue weighted by atomic mass is 9.45. The highest BCUT2D eigenvalue weighted by atomic mass is 16.3. The van der Waals surface area contributed by atoms with Gasteiger partial charge in [0, 0.05) is 11.8 Å². The fourth-order valence-corrected chi connectivity index (χ4v) is 6.91. The van der Waals surface area contributed by atoms with Crippen LogP contribution in [0.3, 0.4) is 0 Å². The van der Waals surface area contributed by atoms with Gasteiger partial charge in [-0.25, -0.2) is 0 Å². The Bertz CT molecular complexity index is 577. The zero-order valence-electron chi connectivity index (χ0n) is 14.6. The van der Waals surface area contributed by atoms with E-state index in [-0.39, 0.29) is 28.6 Å². The molecule has 0 heterocycles. The number of carbonyl (C=O) groups is 1. The van der Waals surface area contributed by atoms with Crippen molar-refractivity contribution in [2.75, 3.05) is 0 Å². The monoisotopic (exact) mass is 318 g/mol. The van der Waals surface area contributed by atoms with E-state index in [1.807, 2.05) is 13.0 Å². The molecule has 3 fully saturated rings. The molecule has 128 valence electrons. The maximum atomic E-state index is 11.8. The summed E-state index contributed by atoms with van der Waals surface area (Å²) in [6, 6.07) is 0. The second kappa shape index (κ2) is 4.70. The zero-order valence-corrected chi connectivity index (χ0v) is 14.6. The summed E-state index contributed by atoms with van der Waals surface area (Å²) in [4.78, 5) is 11.8. The average Bonchev–Trinajstić information content (AvgIpc) is 2.69. The molecular formula is C20H30O3. The van der Waals surface area contributed by atoms with E-state index in [4.69, 9.17) is 0 Å². The summed E-state index contributed by atoms with van der Waals surface area (Å²) >= 11 is 0. The summed E-state index contributed by atoms with van der Waals surface area (Å²) in [5.41, 5.74) is 0.424. The number of carbonyl (C=O) groups excluding carboxylic acids is 1. The van der Waals surface area contributed by atoms with Crippen molar-refractivity contribution in [3.63, 3.8) is 0 Å². The molecule has 0 amide bonds. The van der Waals surface area contributed by atoms with E-state index in [9.17, 15) is 15.0 Å². The van der Waals surface area contributed by atoms with Crippen LogP contribution in [0, 0.1) is 28.6 Å². The first-order chi connectivity index (χ1) is 10.7. The minimum absolute atomic E-state index is 0.0218. The molecule has 3 nitrogen and oxygen atoms in total. The van der Waals surface area contributed by atoms with Crippen molar-refractivity contribution in [1.82, 2.24) is 0 Å². The summed E-state index contributed by atoms with van der Waals surface area (Å²) in [5.74, 6) is 1.49. The first kappa shape index (κ1) is 15.8. The number of allylic oxidation sites excluding steroid dienone is 1. The smallest absolute Gasteiger partial charge is 0.155 e. The van der Waals surface area contributed by atoms with Crippen molar-refractivity contribution < 1.29 is 15.0 Å². The molecule has 2 N–H and O–H groups in total. The number of aliphatic hydroxyl groups is 2. The standard InChI is InChI=1S/C20H30O3/c1-18-8-6-13(21)10-12(18)4-5-14-15-7-9-20(3,23)19(15,2)11-16(22)17(14)18/h10,14-17,22-23H,4-9,11H2,1-3H3/t14-,15+,16+,17+,18+,19+,20+/m0/s1. The third kappa shape index (κ3) is 1.93. The average molecular weight is 318 g/mol. The topological polar surface area (TPSA) is 57.5 Å². The summed E-state index contributed by atoms with van der Waals surface area (Å²) in [6.45, 7) is 6.44. The third-order valence-electron chi connectivity index (χ3n) is 8.46. The Kier molecular flexibility index (Phi) is 3.23. The SMILES string of the molecule is C[C@@]12CCC(=O)C=C1CC[C@@H]1[C@@H]2[C@H](O)C[C@]2(C)[C@@H]1CC[C@@]2(C)O. The van der Waals surface area contributed by atoms with Crippen LogP contribution in [-0.2, 0) is 4.79 Å². The van der Waals surface area contributed by atoms with Gasteiger partial charge in [0.05, 0.1) is 11.7 Å². The molecule has 4 rings (SSSR count). The molecule has 0 bridgehead atoms. The Morgan fingerprint density at radius 1 is 1.13 bits per heavy atom. The quantitative estimate of drug-likeness (QED) is 0.721. The molecular weight excluding hydrogens is 288 g/mol. The number of hydrogen-bond acceptors (Lipinski definition) is 3. The fraction of sp³-hybridized carbons (Fsp3) is 0.850. The molecule has 0 aromatic heterocycles. The van der Waals surface area contributed by atoms with Crippen LogP contribution in [0.4, 0.5) is 0 Å². The van der Waals surface area contributed by atoms with E-state index in [0.717, 1.165) is 32.1 Å². The Labute approximate surface area is 139 Å². The molecule has 0 radical (unpaired) electrons. The molecule has 3 heteroatoms. The second-order valence-electron chi connectivity index (χ2n) is 9.39. The van der Waals surface area contributed by atoms with Gasteiger partial charge in [0.2, 0.25) is 0 Å². The number of rotatable bonds is 0. The summed E-state index contributed by atoms with van der Waals surface area (Å²) in [7, 11) is 0. The van der Waals surface area contributed by atoms with Gasteiger partial charge in [-0.1, -0.05) is 19.4 Å². The predicted octanol–water partition coefficient (Wildman–Crippen LogP) is 3.24. The van der Waals surface area contributed by atoms with E-state index in [1.54, 1.807) is 0 Å². The van der Waals surface area contributed by atoms with Crippen LogP contribution >= 0.6 is 0 Å². The van der Waals surface area contributed by atoms with Gasteiger partial charge in [0.15, 0.2) is 5.78 Å². The van der Waals surface area contributed by atoms with E-state index >= 15 is 0 Å². The molecule has 0 aliphatic heterocycles. The van der Waals surface area contributed by atoms with E-state index in [0.29, 0.717) is 24.7 Å². The number of fused-ring (bicyclic) bond motifs is 5. The van der Waals surface area contributed by atoms with Crippen molar-refractivity contribution in [3.05, 3.63) is 11.6 Å². The minimum Gasteiger partial charge on any atom is -0.393 e. The van der Waals surface area contributed by atoms with Gasteiger partial charge in [0.1, 0.15) is 0 Å². The molecule has 0 aromatic carbocycles. The van der Waals surface area contributed by atoms with Crippen LogP contribution in [0.2, 0.25) is 0 Å². The Balaban J connectivity index is 1.75. The van der Waals surface area contributed by atoms with Crippen LogP contribution < -0.4 is 0 Å². The summed E-state index contributed by atoms with van der Waals surface area (Å²) in [6.07, 6.45) is 7.69. The van der Waals surface area contributed by atoms with Gasteiger partial charge in [-0.3, -0.25) is 4.79 Å². The van der Waals surface area contributed by atoms with Crippen molar-refractivity contribution in [2.24, 2.45) is 28.6 Å². The normalized spacial score (nSPS) is 55.7. The first-order valence-corrected chi connectivity index (χ1v) is 9.33. The van der Waals surface area contributed by atoms with Gasteiger partial charge in [0.25, 0.3) is 0 Å². The maximum Gasteiger partial charge on any atom is 0.155 e. The second-order valence-corrected chi connectivity index (χ2v) is 9.39. The van der Waals surface area contributed by atoms with E-state index in [2.05, 4.69) is 13.8 Å². The molecule has 4 aliphatic carbocycles. The van der Waals surface area contributed by atoms with Gasteiger partial charge >= 0.3 is 0 Å².